The third kappa shape index (κ3) is 5.56. The predicted octanol–water partition coefficient (Wildman–Crippen LogP) is 6.27. The molecule has 4 nitrogen and oxygen atoms in total. The van der Waals surface area contributed by atoms with Crippen molar-refractivity contribution in [1.82, 2.24) is 0 Å². The summed E-state index contributed by atoms with van der Waals surface area (Å²) in [6.45, 7) is 0. The Hall–Kier alpha value is -3.14. The van der Waals surface area contributed by atoms with E-state index in [0.717, 1.165) is 36.8 Å². The smallest absolute Gasteiger partial charge is 0.310 e. The van der Waals surface area contributed by atoms with Crippen LogP contribution >= 0.6 is 0 Å². The van der Waals surface area contributed by atoms with Crippen LogP contribution in [0.25, 0.3) is 0 Å². The molecule has 0 radical (unpaired) electrons. The van der Waals surface area contributed by atoms with E-state index >= 15 is 0 Å². The van der Waals surface area contributed by atoms with Gasteiger partial charge in [0.1, 0.15) is 0 Å². The third-order valence-corrected chi connectivity index (χ3v) is 6.22. The van der Waals surface area contributed by atoms with Gasteiger partial charge in [-0.25, -0.2) is 0 Å². The Morgan fingerprint density at radius 1 is 0.625 bits per heavy atom. The number of esters is 2. The fourth-order valence-electron chi connectivity index (χ4n) is 4.35. The highest BCUT2D eigenvalue weighted by Gasteiger charge is 2.35. The fourth-order valence-corrected chi connectivity index (χ4v) is 4.35. The number of carbonyl (C=O) groups excluding carboxylic acids is 2. The van der Waals surface area contributed by atoms with E-state index in [1.165, 1.54) is 0 Å². The minimum absolute atomic E-state index is 0.165. The van der Waals surface area contributed by atoms with E-state index in [1.54, 1.807) is 0 Å². The number of carbonyl (C=O) groups is 2. The molecular formula is C28H30O4. The molecule has 2 aliphatic rings. The number of allylic oxidation sites excluding steroid dienone is 4. The van der Waals surface area contributed by atoms with Crippen LogP contribution in [0.15, 0.2) is 85.0 Å². The molecule has 0 unspecified atom stereocenters. The van der Waals surface area contributed by atoms with E-state index in [2.05, 4.69) is 12.2 Å². The van der Waals surface area contributed by atoms with E-state index in [1.807, 2.05) is 72.8 Å². The first-order valence-electron chi connectivity index (χ1n) is 11.5. The SMILES string of the molecule is O=C(O[C@H](c1ccccc1)[C@H](OC(=O)[C@H]1CC=CCC1)c1ccccc1)[C@H]1CC=CCC1. The van der Waals surface area contributed by atoms with Crippen LogP contribution in [-0.2, 0) is 19.1 Å². The number of ether oxygens (including phenoxy) is 2. The molecule has 4 rings (SSSR count). The molecule has 0 N–H and O–H groups in total. The van der Waals surface area contributed by atoms with Crippen molar-refractivity contribution in [2.75, 3.05) is 0 Å². The summed E-state index contributed by atoms with van der Waals surface area (Å²) < 4.78 is 12.2. The van der Waals surface area contributed by atoms with Crippen LogP contribution in [-0.4, -0.2) is 11.9 Å². The lowest BCUT2D eigenvalue weighted by atomic mass is 9.93. The Kier molecular flexibility index (Phi) is 7.55. The molecule has 4 heteroatoms. The van der Waals surface area contributed by atoms with E-state index < -0.39 is 12.2 Å². The highest BCUT2D eigenvalue weighted by atomic mass is 16.6. The van der Waals surface area contributed by atoms with Gasteiger partial charge in [0.15, 0.2) is 12.2 Å². The molecule has 2 aliphatic carbocycles. The van der Waals surface area contributed by atoms with Crippen molar-refractivity contribution in [3.05, 3.63) is 96.1 Å². The van der Waals surface area contributed by atoms with Crippen molar-refractivity contribution < 1.29 is 19.1 Å². The lowest BCUT2D eigenvalue weighted by Crippen LogP contribution is -2.29. The quantitative estimate of drug-likeness (QED) is 0.384. The van der Waals surface area contributed by atoms with Gasteiger partial charge in [0.2, 0.25) is 0 Å². The zero-order valence-corrected chi connectivity index (χ0v) is 18.3. The molecule has 2 aromatic carbocycles. The second-order valence-corrected chi connectivity index (χ2v) is 8.50. The van der Waals surface area contributed by atoms with Crippen LogP contribution in [0.2, 0.25) is 0 Å². The minimum Gasteiger partial charge on any atom is -0.453 e. The van der Waals surface area contributed by atoms with E-state index in [9.17, 15) is 9.59 Å². The van der Waals surface area contributed by atoms with Crippen LogP contribution in [0.5, 0.6) is 0 Å². The zero-order valence-electron chi connectivity index (χ0n) is 18.3. The summed E-state index contributed by atoms with van der Waals surface area (Å²) in [4.78, 5) is 26.2. The minimum atomic E-state index is -0.708. The van der Waals surface area contributed by atoms with Crippen LogP contribution in [0.4, 0.5) is 0 Å². The average Bonchev–Trinajstić information content (AvgIpc) is 2.88. The molecule has 2 aromatic rings. The number of hydrogen-bond acceptors (Lipinski definition) is 4. The van der Waals surface area contributed by atoms with Gasteiger partial charge < -0.3 is 9.47 Å². The molecule has 0 aromatic heterocycles. The highest BCUT2D eigenvalue weighted by Crippen LogP contribution is 2.38. The topological polar surface area (TPSA) is 52.6 Å². The summed E-state index contributed by atoms with van der Waals surface area (Å²) in [5, 5.41) is 0. The lowest BCUT2D eigenvalue weighted by molar-refractivity contribution is -0.175. The maximum Gasteiger partial charge on any atom is 0.310 e. The molecule has 0 bridgehead atoms. The van der Waals surface area contributed by atoms with Crippen molar-refractivity contribution >= 4 is 11.9 Å². The molecule has 32 heavy (non-hydrogen) atoms. The van der Waals surface area contributed by atoms with Crippen molar-refractivity contribution in [2.24, 2.45) is 11.8 Å². The molecule has 0 saturated heterocycles. The largest absolute Gasteiger partial charge is 0.453 e. The summed E-state index contributed by atoms with van der Waals surface area (Å²) in [5.74, 6) is -0.801. The van der Waals surface area contributed by atoms with Gasteiger partial charge in [-0.3, -0.25) is 9.59 Å². The maximum absolute atomic E-state index is 13.1. The maximum atomic E-state index is 13.1. The molecule has 0 saturated carbocycles. The van der Waals surface area contributed by atoms with Crippen LogP contribution in [0.1, 0.15) is 61.9 Å². The molecule has 0 heterocycles. The molecule has 0 spiro atoms. The summed E-state index contributed by atoms with van der Waals surface area (Å²) in [7, 11) is 0. The predicted molar refractivity (Wildman–Crippen MR) is 124 cm³/mol. The van der Waals surface area contributed by atoms with Gasteiger partial charge in [-0.2, -0.15) is 0 Å². The number of rotatable bonds is 7. The van der Waals surface area contributed by atoms with Gasteiger partial charge in [-0.1, -0.05) is 85.0 Å². The molecule has 0 amide bonds. The molecule has 4 atom stereocenters. The summed E-state index contributed by atoms with van der Waals surface area (Å²) in [5.41, 5.74) is 1.63. The highest BCUT2D eigenvalue weighted by molar-refractivity contribution is 5.74. The molecular weight excluding hydrogens is 400 g/mol. The van der Waals surface area contributed by atoms with Gasteiger partial charge in [-0.15, -0.1) is 0 Å². The monoisotopic (exact) mass is 430 g/mol. The summed E-state index contributed by atoms with van der Waals surface area (Å²) in [6.07, 6.45) is 11.6. The summed E-state index contributed by atoms with van der Waals surface area (Å²) in [6, 6.07) is 19.2. The summed E-state index contributed by atoms with van der Waals surface area (Å²) >= 11 is 0. The van der Waals surface area contributed by atoms with Crippen LogP contribution < -0.4 is 0 Å². The Morgan fingerprint density at radius 2 is 1.03 bits per heavy atom. The van der Waals surface area contributed by atoms with Gasteiger partial charge >= 0.3 is 11.9 Å². The van der Waals surface area contributed by atoms with E-state index in [-0.39, 0.29) is 23.8 Å². The van der Waals surface area contributed by atoms with E-state index in [4.69, 9.17) is 9.47 Å². The fraction of sp³-hybridized carbons (Fsp3) is 0.357. The molecule has 166 valence electrons. The average molecular weight is 431 g/mol. The van der Waals surface area contributed by atoms with Gasteiger partial charge in [0.25, 0.3) is 0 Å². The van der Waals surface area contributed by atoms with Gasteiger partial charge in [-0.05, 0) is 49.7 Å². The van der Waals surface area contributed by atoms with Gasteiger partial charge in [0, 0.05) is 0 Å². The van der Waals surface area contributed by atoms with Crippen LogP contribution in [0.3, 0.4) is 0 Å². The second-order valence-electron chi connectivity index (χ2n) is 8.50. The second kappa shape index (κ2) is 10.9. The third-order valence-electron chi connectivity index (χ3n) is 6.22. The molecule has 0 fully saturated rings. The first-order valence-corrected chi connectivity index (χ1v) is 11.5. The van der Waals surface area contributed by atoms with Crippen molar-refractivity contribution in [1.29, 1.82) is 0 Å². The van der Waals surface area contributed by atoms with E-state index in [0.29, 0.717) is 12.8 Å². The zero-order chi connectivity index (χ0) is 22.2. The molecule has 0 aliphatic heterocycles. The standard InChI is InChI=1S/C28H30O4/c29-27(23-17-9-3-10-18-23)31-25(21-13-5-1-6-14-21)26(22-15-7-2-8-16-22)32-28(30)24-19-11-4-12-20-24/h1-9,11,13-16,23-26H,10,12,17-20H2/t23-,24-,25+,26+/m0/s1. The Balaban J connectivity index is 1.64. The van der Waals surface area contributed by atoms with Gasteiger partial charge in [0.05, 0.1) is 11.8 Å². The van der Waals surface area contributed by atoms with Crippen molar-refractivity contribution in [3.8, 4) is 0 Å². The Labute approximate surface area is 189 Å². The Morgan fingerprint density at radius 3 is 1.38 bits per heavy atom. The van der Waals surface area contributed by atoms with Crippen molar-refractivity contribution in [2.45, 2.75) is 50.7 Å². The van der Waals surface area contributed by atoms with Crippen molar-refractivity contribution in [3.63, 3.8) is 0 Å². The first kappa shape index (κ1) is 22.1. The normalized spacial score (nSPS) is 22.0. The Bertz CT molecular complexity index is 868. The lowest BCUT2D eigenvalue weighted by Gasteiger charge is -2.30. The first-order chi connectivity index (χ1) is 15.7. The number of benzene rings is 2. The van der Waals surface area contributed by atoms with Crippen LogP contribution in [0, 0.1) is 11.8 Å². The number of hydrogen-bond donors (Lipinski definition) is 0.